The third kappa shape index (κ3) is 3.96. The summed E-state index contributed by atoms with van der Waals surface area (Å²) in [7, 11) is -3.72. The molecule has 0 bridgehead atoms. The molecular weight excluding hydrogens is 286 g/mol. The highest BCUT2D eigenvalue weighted by Crippen LogP contribution is 2.22. The summed E-state index contributed by atoms with van der Waals surface area (Å²) in [5, 5.41) is 8.28. The molecule has 21 heavy (non-hydrogen) atoms. The lowest BCUT2D eigenvalue weighted by atomic mass is 10.1. The molecule has 2 aromatic rings. The van der Waals surface area contributed by atoms with Gasteiger partial charge in [0.05, 0.1) is 16.3 Å². The van der Waals surface area contributed by atoms with Crippen LogP contribution in [0.25, 0.3) is 0 Å². The highest BCUT2D eigenvalue weighted by molar-refractivity contribution is 7.89. The highest BCUT2D eigenvalue weighted by atomic mass is 32.2. The zero-order valence-corrected chi connectivity index (χ0v) is 12.7. The van der Waals surface area contributed by atoms with E-state index in [-0.39, 0.29) is 4.90 Å². The van der Waals surface area contributed by atoms with E-state index in [2.05, 4.69) is 24.4 Å². The number of primary sulfonamides is 1. The number of rotatable bonds is 5. The first-order chi connectivity index (χ1) is 9.88. The molecule has 0 fully saturated rings. The summed E-state index contributed by atoms with van der Waals surface area (Å²) in [6.07, 6.45) is 0.825. The normalized spacial score (nSPS) is 11.3. The van der Waals surface area contributed by atoms with Crippen molar-refractivity contribution in [2.75, 3.05) is 17.6 Å². The molecule has 0 aliphatic rings. The zero-order chi connectivity index (χ0) is 15.5. The van der Waals surface area contributed by atoms with Gasteiger partial charge >= 0.3 is 0 Å². The smallest absolute Gasteiger partial charge is 0.238 e. The summed E-state index contributed by atoms with van der Waals surface area (Å²) in [5.74, 6) is 0. The Labute approximate surface area is 125 Å². The van der Waals surface area contributed by atoms with Gasteiger partial charge < -0.3 is 11.1 Å². The molecule has 112 valence electrons. The Balaban J connectivity index is 2.08. The fraction of sp³-hybridized carbons (Fsp3) is 0.200. The van der Waals surface area contributed by atoms with E-state index in [9.17, 15) is 8.42 Å². The van der Waals surface area contributed by atoms with Crippen molar-refractivity contribution in [2.24, 2.45) is 5.14 Å². The Morgan fingerprint density at radius 3 is 2.52 bits per heavy atom. The first-order valence-electron chi connectivity index (χ1n) is 6.58. The molecule has 0 saturated carbocycles. The Kier molecular flexibility index (Phi) is 4.50. The largest absolute Gasteiger partial charge is 0.397 e. The predicted molar refractivity (Wildman–Crippen MR) is 85.6 cm³/mol. The number of nitrogen functional groups attached to an aromatic ring is 1. The van der Waals surface area contributed by atoms with Crippen LogP contribution in [-0.4, -0.2) is 15.0 Å². The molecule has 2 aromatic carbocycles. The second-order valence-electron chi connectivity index (χ2n) is 4.90. The Morgan fingerprint density at radius 1 is 1.14 bits per heavy atom. The maximum Gasteiger partial charge on any atom is 0.238 e. The van der Waals surface area contributed by atoms with E-state index in [0.717, 1.165) is 6.42 Å². The van der Waals surface area contributed by atoms with Crippen LogP contribution in [0.15, 0.2) is 47.4 Å². The van der Waals surface area contributed by atoms with Gasteiger partial charge in [-0.25, -0.2) is 13.6 Å². The molecule has 0 amide bonds. The average molecular weight is 305 g/mol. The SMILES string of the molecule is Cc1ccccc1CCNc1cc(S(N)(=O)=O)ccc1N. The number of sulfonamides is 1. The van der Waals surface area contributed by atoms with Gasteiger partial charge in [0.15, 0.2) is 0 Å². The van der Waals surface area contributed by atoms with Crippen molar-refractivity contribution in [3.63, 3.8) is 0 Å². The minimum atomic E-state index is -3.72. The van der Waals surface area contributed by atoms with Gasteiger partial charge in [-0.05, 0) is 42.7 Å². The molecule has 0 heterocycles. The molecule has 0 saturated heterocycles. The molecular formula is C15H19N3O2S. The number of aryl methyl sites for hydroxylation is 1. The maximum atomic E-state index is 11.3. The topological polar surface area (TPSA) is 98.2 Å². The van der Waals surface area contributed by atoms with E-state index in [4.69, 9.17) is 10.9 Å². The highest BCUT2D eigenvalue weighted by Gasteiger charge is 2.10. The predicted octanol–water partition coefficient (Wildman–Crippen LogP) is 1.88. The molecule has 5 N–H and O–H groups in total. The Morgan fingerprint density at radius 2 is 1.86 bits per heavy atom. The van der Waals surface area contributed by atoms with Crippen LogP contribution < -0.4 is 16.2 Å². The van der Waals surface area contributed by atoms with Crippen molar-refractivity contribution in [3.05, 3.63) is 53.6 Å². The average Bonchev–Trinajstić information content (AvgIpc) is 2.41. The molecule has 6 heteroatoms. The molecule has 0 spiro atoms. The lowest BCUT2D eigenvalue weighted by molar-refractivity contribution is 0.598. The molecule has 0 unspecified atom stereocenters. The number of benzene rings is 2. The lowest BCUT2D eigenvalue weighted by Crippen LogP contribution is -2.14. The molecule has 0 radical (unpaired) electrons. The number of hydrogen-bond donors (Lipinski definition) is 3. The molecule has 0 aliphatic heterocycles. The van der Waals surface area contributed by atoms with Crippen molar-refractivity contribution in [1.82, 2.24) is 0 Å². The zero-order valence-electron chi connectivity index (χ0n) is 11.8. The maximum absolute atomic E-state index is 11.3. The summed E-state index contributed by atoms with van der Waals surface area (Å²) in [6.45, 7) is 2.72. The van der Waals surface area contributed by atoms with E-state index >= 15 is 0 Å². The van der Waals surface area contributed by atoms with Crippen LogP contribution in [0, 0.1) is 6.92 Å². The van der Waals surface area contributed by atoms with Crippen LogP contribution in [0.4, 0.5) is 11.4 Å². The van der Waals surface area contributed by atoms with E-state index in [1.165, 1.54) is 29.3 Å². The van der Waals surface area contributed by atoms with E-state index in [1.54, 1.807) is 0 Å². The fourth-order valence-electron chi connectivity index (χ4n) is 2.09. The van der Waals surface area contributed by atoms with Gasteiger partial charge in [-0.3, -0.25) is 0 Å². The fourth-order valence-corrected chi connectivity index (χ4v) is 2.63. The monoisotopic (exact) mass is 305 g/mol. The summed E-state index contributed by atoms with van der Waals surface area (Å²) in [6, 6.07) is 12.5. The second kappa shape index (κ2) is 6.15. The minimum Gasteiger partial charge on any atom is -0.397 e. The van der Waals surface area contributed by atoms with E-state index < -0.39 is 10.0 Å². The van der Waals surface area contributed by atoms with Gasteiger partial charge in [-0.2, -0.15) is 0 Å². The summed E-state index contributed by atoms with van der Waals surface area (Å²) >= 11 is 0. The third-order valence-corrected chi connectivity index (χ3v) is 4.24. The Bertz CT molecular complexity index is 742. The number of anilines is 2. The van der Waals surface area contributed by atoms with Gasteiger partial charge in [0, 0.05) is 6.54 Å². The van der Waals surface area contributed by atoms with Crippen molar-refractivity contribution in [1.29, 1.82) is 0 Å². The van der Waals surface area contributed by atoms with Crippen molar-refractivity contribution in [3.8, 4) is 0 Å². The lowest BCUT2D eigenvalue weighted by Gasteiger charge is -2.11. The van der Waals surface area contributed by atoms with Gasteiger partial charge in [-0.15, -0.1) is 0 Å². The van der Waals surface area contributed by atoms with Crippen LogP contribution in [0.2, 0.25) is 0 Å². The third-order valence-electron chi connectivity index (χ3n) is 3.32. The van der Waals surface area contributed by atoms with Crippen LogP contribution in [0.5, 0.6) is 0 Å². The van der Waals surface area contributed by atoms with Gasteiger partial charge in [0.25, 0.3) is 0 Å². The molecule has 5 nitrogen and oxygen atoms in total. The first kappa shape index (κ1) is 15.3. The molecule has 0 aliphatic carbocycles. The van der Waals surface area contributed by atoms with E-state index in [0.29, 0.717) is 17.9 Å². The van der Waals surface area contributed by atoms with Crippen molar-refractivity contribution in [2.45, 2.75) is 18.2 Å². The summed E-state index contributed by atoms with van der Waals surface area (Å²) in [5.41, 5.74) is 9.38. The number of nitrogens with one attached hydrogen (secondary N) is 1. The summed E-state index contributed by atoms with van der Waals surface area (Å²) < 4.78 is 22.7. The molecule has 0 aromatic heterocycles. The van der Waals surface area contributed by atoms with Gasteiger partial charge in [-0.1, -0.05) is 24.3 Å². The number of nitrogens with two attached hydrogens (primary N) is 2. The van der Waals surface area contributed by atoms with Crippen molar-refractivity contribution < 1.29 is 8.42 Å². The van der Waals surface area contributed by atoms with Gasteiger partial charge in [0.1, 0.15) is 0 Å². The van der Waals surface area contributed by atoms with Crippen LogP contribution >= 0.6 is 0 Å². The quantitative estimate of drug-likeness (QED) is 0.734. The Hall–Kier alpha value is -2.05. The minimum absolute atomic E-state index is 0.0510. The van der Waals surface area contributed by atoms with Gasteiger partial charge in [0.2, 0.25) is 10.0 Å². The molecule has 2 rings (SSSR count). The number of hydrogen-bond acceptors (Lipinski definition) is 4. The van der Waals surface area contributed by atoms with E-state index in [1.807, 2.05) is 12.1 Å². The molecule has 0 atom stereocenters. The second-order valence-corrected chi connectivity index (χ2v) is 6.46. The van der Waals surface area contributed by atoms with Crippen LogP contribution in [-0.2, 0) is 16.4 Å². The summed E-state index contributed by atoms with van der Waals surface area (Å²) in [4.78, 5) is 0.0510. The van der Waals surface area contributed by atoms with Crippen molar-refractivity contribution >= 4 is 21.4 Å². The van der Waals surface area contributed by atoms with Crippen LogP contribution in [0.3, 0.4) is 0 Å². The van der Waals surface area contributed by atoms with Crippen LogP contribution in [0.1, 0.15) is 11.1 Å². The first-order valence-corrected chi connectivity index (χ1v) is 8.13. The standard InChI is InChI=1S/C15H19N3O2S/c1-11-4-2-3-5-12(11)8-9-18-15-10-13(21(17,19)20)6-7-14(15)16/h2-7,10,18H,8-9,16H2,1H3,(H2,17,19,20).